The SMILES string of the molecule is NC(CS)C(=O)NC(Cc1cnc[nH]1)C(=O)NC(CO)C(=O)NCC(=O)O. The molecule has 1 heterocycles. The van der Waals surface area contributed by atoms with Crippen molar-refractivity contribution in [1.82, 2.24) is 25.9 Å². The Balaban J connectivity index is 2.82. The number of aliphatic hydroxyl groups is 1. The highest BCUT2D eigenvalue weighted by Gasteiger charge is 2.28. The maximum Gasteiger partial charge on any atom is 0.322 e. The zero-order valence-corrected chi connectivity index (χ0v) is 15.1. The quantitative estimate of drug-likeness (QED) is 0.173. The van der Waals surface area contributed by atoms with Crippen molar-refractivity contribution in [3.05, 3.63) is 18.2 Å². The Kier molecular flexibility index (Phi) is 9.25. The maximum absolute atomic E-state index is 12.5. The average Bonchev–Trinajstić information content (AvgIpc) is 3.15. The van der Waals surface area contributed by atoms with Gasteiger partial charge in [-0.1, -0.05) is 0 Å². The predicted molar refractivity (Wildman–Crippen MR) is 95.7 cm³/mol. The molecule has 12 nitrogen and oxygen atoms in total. The molecule has 0 aliphatic heterocycles. The van der Waals surface area contributed by atoms with Crippen molar-refractivity contribution in [3.63, 3.8) is 0 Å². The Labute approximate surface area is 159 Å². The number of aliphatic carboxylic acids is 1. The summed E-state index contributed by atoms with van der Waals surface area (Å²) in [7, 11) is 0. The van der Waals surface area contributed by atoms with Gasteiger partial charge >= 0.3 is 5.97 Å². The number of carbonyl (C=O) groups is 4. The van der Waals surface area contributed by atoms with Crippen LogP contribution in [0.1, 0.15) is 5.69 Å². The number of hydrogen-bond acceptors (Lipinski definition) is 8. The summed E-state index contributed by atoms with van der Waals surface area (Å²) in [6.07, 6.45) is 2.86. The fourth-order valence-corrected chi connectivity index (χ4v) is 2.11. The Morgan fingerprint density at radius 2 is 1.85 bits per heavy atom. The molecular formula is C14H22N6O6S. The van der Waals surface area contributed by atoms with Crippen LogP contribution < -0.4 is 21.7 Å². The summed E-state index contributed by atoms with van der Waals surface area (Å²) in [6, 6.07) is -3.46. The van der Waals surface area contributed by atoms with Crippen LogP contribution >= 0.6 is 12.6 Å². The fourth-order valence-electron chi connectivity index (χ4n) is 1.94. The van der Waals surface area contributed by atoms with Gasteiger partial charge < -0.3 is 36.9 Å². The van der Waals surface area contributed by atoms with Crippen molar-refractivity contribution >= 4 is 36.3 Å². The molecule has 3 atom stereocenters. The van der Waals surface area contributed by atoms with Crippen LogP contribution in [0.5, 0.6) is 0 Å². The highest BCUT2D eigenvalue weighted by atomic mass is 32.1. The zero-order chi connectivity index (χ0) is 20.4. The van der Waals surface area contributed by atoms with Gasteiger partial charge in [-0.15, -0.1) is 0 Å². The molecule has 0 bridgehead atoms. The molecule has 150 valence electrons. The minimum Gasteiger partial charge on any atom is -0.480 e. The molecule has 27 heavy (non-hydrogen) atoms. The van der Waals surface area contributed by atoms with Crippen LogP contribution in [0, 0.1) is 0 Å². The van der Waals surface area contributed by atoms with E-state index in [9.17, 15) is 24.3 Å². The number of thiol groups is 1. The number of nitrogens with zero attached hydrogens (tertiary/aromatic N) is 1. The lowest BCUT2D eigenvalue weighted by Gasteiger charge is -2.22. The normalized spacial score (nSPS) is 13.9. The fraction of sp³-hybridized carbons (Fsp3) is 0.500. The van der Waals surface area contributed by atoms with Gasteiger partial charge in [0.15, 0.2) is 0 Å². The van der Waals surface area contributed by atoms with E-state index in [0.717, 1.165) is 0 Å². The number of carboxylic acids is 1. The number of imidazole rings is 1. The Morgan fingerprint density at radius 1 is 1.19 bits per heavy atom. The number of aromatic amines is 1. The van der Waals surface area contributed by atoms with Gasteiger partial charge in [-0.05, 0) is 0 Å². The number of H-pyrrole nitrogens is 1. The van der Waals surface area contributed by atoms with Crippen molar-refractivity contribution in [3.8, 4) is 0 Å². The molecule has 1 aromatic heterocycles. The van der Waals surface area contributed by atoms with E-state index < -0.39 is 55.0 Å². The van der Waals surface area contributed by atoms with Crippen molar-refractivity contribution in [2.75, 3.05) is 18.9 Å². The van der Waals surface area contributed by atoms with Gasteiger partial charge in [0, 0.05) is 24.1 Å². The molecule has 0 saturated carbocycles. The van der Waals surface area contributed by atoms with Crippen LogP contribution in [0.2, 0.25) is 0 Å². The summed E-state index contributed by atoms with van der Waals surface area (Å²) in [6.45, 7) is -1.44. The lowest BCUT2D eigenvalue weighted by molar-refractivity contribution is -0.138. The van der Waals surface area contributed by atoms with E-state index in [1.54, 1.807) is 0 Å². The van der Waals surface area contributed by atoms with Crippen LogP contribution in [-0.4, -0.2) is 80.9 Å². The molecular weight excluding hydrogens is 380 g/mol. The highest BCUT2D eigenvalue weighted by Crippen LogP contribution is 2.01. The third kappa shape index (κ3) is 7.64. The highest BCUT2D eigenvalue weighted by molar-refractivity contribution is 7.80. The van der Waals surface area contributed by atoms with Crippen molar-refractivity contribution in [2.45, 2.75) is 24.5 Å². The third-order valence-corrected chi connectivity index (χ3v) is 3.77. The van der Waals surface area contributed by atoms with Crippen LogP contribution in [0.25, 0.3) is 0 Å². The number of carbonyl (C=O) groups excluding carboxylic acids is 3. The second-order valence-electron chi connectivity index (χ2n) is 5.49. The van der Waals surface area contributed by atoms with E-state index >= 15 is 0 Å². The van der Waals surface area contributed by atoms with Crippen molar-refractivity contribution in [1.29, 1.82) is 0 Å². The summed E-state index contributed by atoms with van der Waals surface area (Å²) in [5.41, 5.74) is 6.11. The Bertz CT molecular complexity index is 655. The number of rotatable bonds is 11. The molecule has 0 saturated heterocycles. The zero-order valence-electron chi connectivity index (χ0n) is 14.2. The van der Waals surface area contributed by atoms with Gasteiger partial charge in [-0.2, -0.15) is 12.6 Å². The van der Waals surface area contributed by atoms with E-state index in [1.165, 1.54) is 12.5 Å². The molecule has 0 aliphatic carbocycles. The van der Waals surface area contributed by atoms with E-state index in [2.05, 4.69) is 33.2 Å². The molecule has 3 amide bonds. The monoisotopic (exact) mass is 402 g/mol. The number of amides is 3. The molecule has 8 N–H and O–H groups in total. The van der Waals surface area contributed by atoms with Gasteiger partial charge in [0.2, 0.25) is 17.7 Å². The molecule has 0 aromatic carbocycles. The second kappa shape index (κ2) is 11.2. The Morgan fingerprint density at radius 3 is 2.37 bits per heavy atom. The van der Waals surface area contributed by atoms with Crippen LogP contribution in [0.3, 0.4) is 0 Å². The van der Waals surface area contributed by atoms with Gasteiger partial charge in [0.05, 0.1) is 19.0 Å². The minimum atomic E-state index is -1.39. The summed E-state index contributed by atoms with van der Waals surface area (Å²) in [5.74, 6) is -3.50. The Hall–Kier alpha value is -2.64. The van der Waals surface area contributed by atoms with Gasteiger partial charge in [-0.25, -0.2) is 4.98 Å². The maximum atomic E-state index is 12.5. The first-order valence-electron chi connectivity index (χ1n) is 7.83. The number of nitrogens with two attached hydrogens (primary N) is 1. The number of carboxylic acid groups (broad SMARTS) is 1. The number of aromatic nitrogens is 2. The van der Waals surface area contributed by atoms with Crippen molar-refractivity contribution in [2.24, 2.45) is 5.73 Å². The van der Waals surface area contributed by atoms with Gasteiger partial charge in [0.1, 0.15) is 18.6 Å². The van der Waals surface area contributed by atoms with Crippen LogP contribution in [0.4, 0.5) is 0 Å². The van der Waals surface area contributed by atoms with E-state index in [4.69, 9.17) is 10.8 Å². The molecule has 0 fully saturated rings. The average molecular weight is 402 g/mol. The molecule has 13 heteroatoms. The van der Waals surface area contributed by atoms with Crippen LogP contribution in [-0.2, 0) is 25.6 Å². The largest absolute Gasteiger partial charge is 0.480 e. The predicted octanol–water partition coefficient (Wildman–Crippen LogP) is -3.63. The first kappa shape index (κ1) is 22.4. The van der Waals surface area contributed by atoms with Gasteiger partial charge in [0.25, 0.3) is 0 Å². The molecule has 1 rings (SSSR count). The molecule has 3 unspecified atom stereocenters. The lowest BCUT2D eigenvalue weighted by atomic mass is 10.1. The van der Waals surface area contributed by atoms with E-state index in [-0.39, 0.29) is 12.2 Å². The third-order valence-electron chi connectivity index (χ3n) is 3.37. The second-order valence-corrected chi connectivity index (χ2v) is 5.85. The van der Waals surface area contributed by atoms with Gasteiger partial charge in [-0.3, -0.25) is 19.2 Å². The summed E-state index contributed by atoms with van der Waals surface area (Å²) in [5, 5.41) is 24.6. The van der Waals surface area contributed by atoms with E-state index in [1.807, 2.05) is 5.32 Å². The van der Waals surface area contributed by atoms with Crippen molar-refractivity contribution < 1.29 is 29.4 Å². The van der Waals surface area contributed by atoms with E-state index in [0.29, 0.717) is 5.69 Å². The first-order chi connectivity index (χ1) is 12.8. The number of hydrogen-bond donors (Lipinski definition) is 8. The summed E-state index contributed by atoms with van der Waals surface area (Å²) in [4.78, 5) is 53.4. The molecule has 0 spiro atoms. The molecule has 1 aromatic rings. The number of nitrogens with one attached hydrogen (secondary N) is 4. The molecule has 0 aliphatic rings. The van der Waals surface area contributed by atoms with Crippen LogP contribution in [0.15, 0.2) is 12.5 Å². The summed E-state index contributed by atoms with van der Waals surface area (Å²) < 4.78 is 0. The minimum absolute atomic E-state index is 0.0196. The number of aliphatic hydroxyl groups excluding tert-OH is 1. The smallest absolute Gasteiger partial charge is 0.322 e. The lowest BCUT2D eigenvalue weighted by Crippen LogP contribution is -2.57. The topological polar surface area (TPSA) is 200 Å². The first-order valence-corrected chi connectivity index (χ1v) is 8.46. The standard InChI is InChI=1S/C14H22N6O6S/c15-8(5-27)12(24)19-9(1-7-2-16-6-18-7)14(26)20-10(4-21)13(25)17-3-11(22)23/h2,6,8-10,21,27H,1,3-5,15H2,(H,16,18)(H,17,25)(H,19,24)(H,20,26)(H,22,23). The summed E-state index contributed by atoms with van der Waals surface area (Å²) >= 11 is 3.92. The molecule has 0 radical (unpaired) electrons.